The normalized spacial score (nSPS) is 18.0. The standard InChI is InChI=1S/C5H11O4P/c1-5(8,4(6)7)10(2,3)9/h8H,1-3H3,(H,6,7). The summed E-state index contributed by atoms with van der Waals surface area (Å²) >= 11 is 0. The largest absolute Gasteiger partial charge is 0.479 e. The molecular formula is C5H11O4P. The number of rotatable bonds is 2. The van der Waals surface area contributed by atoms with Gasteiger partial charge in [-0.1, -0.05) is 0 Å². The van der Waals surface area contributed by atoms with Gasteiger partial charge in [0.1, 0.15) is 7.14 Å². The van der Waals surface area contributed by atoms with Crippen LogP contribution in [0.15, 0.2) is 0 Å². The molecule has 60 valence electrons. The summed E-state index contributed by atoms with van der Waals surface area (Å²) in [7, 11) is -2.97. The van der Waals surface area contributed by atoms with Gasteiger partial charge in [-0.05, 0) is 20.3 Å². The zero-order valence-corrected chi connectivity index (χ0v) is 7.05. The van der Waals surface area contributed by atoms with Gasteiger partial charge in [0.2, 0.25) is 5.34 Å². The van der Waals surface area contributed by atoms with Gasteiger partial charge in [0, 0.05) is 0 Å². The zero-order valence-electron chi connectivity index (χ0n) is 6.16. The second-order valence-corrected chi connectivity index (χ2v) is 6.25. The van der Waals surface area contributed by atoms with E-state index in [4.69, 9.17) is 10.2 Å². The van der Waals surface area contributed by atoms with Crippen LogP contribution >= 0.6 is 7.14 Å². The van der Waals surface area contributed by atoms with Crippen LogP contribution in [0.1, 0.15) is 6.92 Å². The van der Waals surface area contributed by atoms with Crippen LogP contribution in [0.5, 0.6) is 0 Å². The Labute approximate surface area is 59.2 Å². The summed E-state index contributed by atoms with van der Waals surface area (Å²) in [5, 5.41) is 15.3. The third-order valence-corrected chi connectivity index (χ3v) is 3.74. The fourth-order valence-electron chi connectivity index (χ4n) is 0.230. The van der Waals surface area contributed by atoms with Gasteiger partial charge in [-0.25, -0.2) is 4.79 Å². The topological polar surface area (TPSA) is 74.6 Å². The molecule has 1 atom stereocenters. The third kappa shape index (κ3) is 1.58. The number of hydrogen-bond donors (Lipinski definition) is 2. The van der Waals surface area contributed by atoms with Crippen LogP contribution in [0, 0.1) is 0 Å². The highest BCUT2D eigenvalue weighted by Gasteiger charge is 2.42. The lowest BCUT2D eigenvalue weighted by Gasteiger charge is -2.22. The highest BCUT2D eigenvalue weighted by Crippen LogP contribution is 2.49. The molecule has 0 saturated carbocycles. The minimum Gasteiger partial charge on any atom is -0.479 e. The van der Waals surface area contributed by atoms with E-state index in [1.165, 1.54) is 13.3 Å². The van der Waals surface area contributed by atoms with E-state index >= 15 is 0 Å². The molecule has 4 nitrogen and oxygen atoms in total. The van der Waals surface area contributed by atoms with Crippen molar-refractivity contribution < 1.29 is 19.6 Å². The molecule has 0 fully saturated rings. The van der Waals surface area contributed by atoms with E-state index in [9.17, 15) is 9.36 Å². The first-order valence-electron chi connectivity index (χ1n) is 2.70. The highest BCUT2D eigenvalue weighted by atomic mass is 31.2. The summed E-state index contributed by atoms with van der Waals surface area (Å²) in [6.45, 7) is 3.51. The number of hydrogen-bond acceptors (Lipinski definition) is 3. The van der Waals surface area contributed by atoms with Crippen LogP contribution in [-0.4, -0.2) is 34.9 Å². The summed E-state index contributed by atoms with van der Waals surface area (Å²) in [5.74, 6) is -1.44. The fraction of sp³-hybridized carbons (Fsp3) is 0.800. The van der Waals surface area contributed by atoms with E-state index in [2.05, 4.69) is 0 Å². The van der Waals surface area contributed by atoms with Gasteiger partial charge < -0.3 is 14.8 Å². The lowest BCUT2D eigenvalue weighted by Crippen LogP contribution is -2.33. The van der Waals surface area contributed by atoms with Crippen LogP contribution in [0.3, 0.4) is 0 Å². The molecule has 0 radical (unpaired) electrons. The van der Waals surface area contributed by atoms with Gasteiger partial charge >= 0.3 is 5.97 Å². The van der Waals surface area contributed by atoms with Gasteiger partial charge in [-0.3, -0.25) is 0 Å². The Morgan fingerprint density at radius 1 is 1.50 bits per heavy atom. The number of aliphatic hydroxyl groups is 1. The van der Waals surface area contributed by atoms with Crippen molar-refractivity contribution in [1.29, 1.82) is 0 Å². The van der Waals surface area contributed by atoms with E-state index in [0.29, 0.717) is 0 Å². The molecule has 0 saturated heterocycles. The summed E-state index contributed by atoms with van der Waals surface area (Å²) < 4.78 is 11.0. The summed E-state index contributed by atoms with van der Waals surface area (Å²) in [6.07, 6.45) is 0. The van der Waals surface area contributed by atoms with Crippen LogP contribution in [-0.2, 0) is 9.36 Å². The van der Waals surface area contributed by atoms with Crippen LogP contribution in [0.2, 0.25) is 0 Å². The van der Waals surface area contributed by atoms with E-state index in [0.717, 1.165) is 6.92 Å². The number of carbonyl (C=O) groups is 1. The van der Waals surface area contributed by atoms with Crippen molar-refractivity contribution in [3.8, 4) is 0 Å². The van der Waals surface area contributed by atoms with Crippen molar-refractivity contribution in [3.63, 3.8) is 0 Å². The molecule has 0 aliphatic rings. The Bertz CT molecular complexity index is 190. The summed E-state index contributed by atoms with van der Waals surface area (Å²) in [4.78, 5) is 10.2. The first-order chi connectivity index (χ1) is 4.19. The first kappa shape index (κ1) is 9.66. The number of carboxylic acid groups (broad SMARTS) is 1. The lowest BCUT2D eigenvalue weighted by molar-refractivity contribution is -0.148. The highest BCUT2D eigenvalue weighted by molar-refractivity contribution is 7.64. The Balaban J connectivity index is 4.75. The quantitative estimate of drug-likeness (QED) is 0.582. The summed E-state index contributed by atoms with van der Waals surface area (Å²) in [6, 6.07) is 0. The molecule has 0 spiro atoms. The molecule has 0 heterocycles. The van der Waals surface area contributed by atoms with Crippen molar-refractivity contribution in [3.05, 3.63) is 0 Å². The number of carboxylic acids is 1. The van der Waals surface area contributed by atoms with Gasteiger partial charge in [-0.2, -0.15) is 0 Å². The van der Waals surface area contributed by atoms with Crippen molar-refractivity contribution in [2.75, 3.05) is 13.3 Å². The Morgan fingerprint density at radius 3 is 1.80 bits per heavy atom. The Kier molecular flexibility index (Phi) is 2.28. The smallest absolute Gasteiger partial charge is 0.343 e. The minimum atomic E-state index is -2.97. The van der Waals surface area contributed by atoms with Gasteiger partial charge in [-0.15, -0.1) is 0 Å². The monoisotopic (exact) mass is 166 g/mol. The zero-order chi connectivity index (χ0) is 8.58. The van der Waals surface area contributed by atoms with Gasteiger partial charge in [0.05, 0.1) is 0 Å². The predicted molar refractivity (Wildman–Crippen MR) is 37.7 cm³/mol. The molecule has 0 aliphatic carbocycles. The predicted octanol–water partition coefficient (Wildman–Crippen LogP) is 0.402. The Hall–Kier alpha value is -0.340. The molecule has 0 aromatic rings. The van der Waals surface area contributed by atoms with Crippen LogP contribution in [0.25, 0.3) is 0 Å². The third-order valence-electron chi connectivity index (χ3n) is 1.45. The van der Waals surface area contributed by atoms with Gasteiger partial charge in [0.25, 0.3) is 0 Å². The molecule has 0 aliphatic heterocycles. The van der Waals surface area contributed by atoms with E-state index in [1.807, 2.05) is 0 Å². The maximum absolute atomic E-state index is 11.0. The maximum atomic E-state index is 11.0. The molecule has 2 N–H and O–H groups in total. The second kappa shape index (κ2) is 2.36. The average Bonchev–Trinajstić information content (AvgIpc) is 1.62. The van der Waals surface area contributed by atoms with E-state index in [-0.39, 0.29) is 0 Å². The van der Waals surface area contributed by atoms with Crippen molar-refractivity contribution in [2.45, 2.75) is 12.3 Å². The fourth-order valence-corrected chi connectivity index (χ4v) is 0.691. The lowest BCUT2D eigenvalue weighted by atomic mass is 10.4. The van der Waals surface area contributed by atoms with Crippen molar-refractivity contribution in [2.24, 2.45) is 0 Å². The van der Waals surface area contributed by atoms with E-state index in [1.54, 1.807) is 0 Å². The maximum Gasteiger partial charge on any atom is 0.343 e. The van der Waals surface area contributed by atoms with Crippen molar-refractivity contribution in [1.82, 2.24) is 0 Å². The molecule has 0 aromatic carbocycles. The second-order valence-electron chi connectivity index (χ2n) is 2.68. The molecule has 0 aromatic heterocycles. The molecule has 0 rings (SSSR count). The number of aliphatic carboxylic acids is 1. The van der Waals surface area contributed by atoms with Crippen molar-refractivity contribution >= 4 is 13.1 Å². The molecule has 0 amide bonds. The van der Waals surface area contributed by atoms with Gasteiger partial charge in [0.15, 0.2) is 0 Å². The minimum absolute atomic E-state index is 1.04. The molecular weight excluding hydrogens is 155 g/mol. The Morgan fingerprint density at radius 2 is 1.80 bits per heavy atom. The molecule has 1 unspecified atom stereocenters. The van der Waals surface area contributed by atoms with Crippen LogP contribution in [0.4, 0.5) is 0 Å². The molecule has 10 heavy (non-hydrogen) atoms. The summed E-state index contributed by atoms with van der Waals surface area (Å²) in [5.41, 5.74) is 0. The van der Waals surface area contributed by atoms with E-state index < -0.39 is 18.5 Å². The molecule has 0 bridgehead atoms. The van der Waals surface area contributed by atoms with Crippen LogP contribution < -0.4 is 0 Å². The average molecular weight is 166 g/mol. The SMILES string of the molecule is CC(O)(C(=O)O)P(C)(C)=O. The first-order valence-corrected chi connectivity index (χ1v) is 5.30. The molecule has 5 heteroatoms.